The molecule has 20 heavy (non-hydrogen) atoms. The average molecular weight is 265 g/mol. The van der Waals surface area contributed by atoms with E-state index in [4.69, 9.17) is 4.74 Å². The Morgan fingerprint density at radius 3 is 2.40 bits per heavy atom. The number of hydrogen-bond donors (Lipinski definition) is 1. The van der Waals surface area contributed by atoms with Crippen LogP contribution in [-0.4, -0.2) is 16.9 Å². The molecule has 100 valence electrons. The largest absolute Gasteiger partial charge is 0.497 e. The zero-order valence-electron chi connectivity index (χ0n) is 11.2. The molecule has 0 saturated heterocycles. The van der Waals surface area contributed by atoms with Gasteiger partial charge >= 0.3 is 0 Å². The van der Waals surface area contributed by atoms with Crippen LogP contribution in [0.15, 0.2) is 67.0 Å². The van der Waals surface area contributed by atoms with Gasteiger partial charge in [-0.3, -0.25) is 0 Å². The Bertz CT molecular complexity index is 674. The molecule has 0 bridgehead atoms. The molecule has 0 fully saturated rings. The van der Waals surface area contributed by atoms with Gasteiger partial charge in [-0.05, 0) is 36.4 Å². The van der Waals surface area contributed by atoms with E-state index in [2.05, 4.69) is 10.4 Å². The molecular weight excluding hydrogens is 250 g/mol. The fourth-order valence-corrected chi connectivity index (χ4v) is 1.95. The lowest BCUT2D eigenvalue weighted by atomic mass is 10.3. The molecule has 3 aromatic rings. The standard InChI is InChI=1S/C16H15N3O/c1-20-16-9-7-13(8-10-16)18-14-11-17-19(12-14)15-5-3-2-4-6-15/h2-12,18H,1H3. The van der Waals surface area contributed by atoms with Crippen LogP contribution in [0.1, 0.15) is 0 Å². The summed E-state index contributed by atoms with van der Waals surface area (Å²) >= 11 is 0. The Labute approximate surface area is 117 Å². The van der Waals surface area contributed by atoms with Gasteiger partial charge in [0, 0.05) is 5.69 Å². The van der Waals surface area contributed by atoms with Crippen LogP contribution >= 0.6 is 0 Å². The van der Waals surface area contributed by atoms with Crippen molar-refractivity contribution in [3.63, 3.8) is 0 Å². The molecule has 4 nitrogen and oxygen atoms in total. The lowest BCUT2D eigenvalue weighted by Crippen LogP contribution is -1.93. The van der Waals surface area contributed by atoms with E-state index in [1.807, 2.05) is 65.5 Å². The second-order valence-electron chi connectivity index (χ2n) is 4.36. The highest BCUT2D eigenvalue weighted by Crippen LogP contribution is 2.20. The first-order valence-corrected chi connectivity index (χ1v) is 6.36. The van der Waals surface area contributed by atoms with Crippen molar-refractivity contribution in [1.29, 1.82) is 0 Å². The van der Waals surface area contributed by atoms with Gasteiger partial charge in [-0.2, -0.15) is 5.10 Å². The summed E-state index contributed by atoms with van der Waals surface area (Å²) in [6.45, 7) is 0. The van der Waals surface area contributed by atoms with Crippen molar-refractivity contribution in [2.75, 3.05) is 12.4 Å². The van der Waals surface area contributed by atoms with Crippen LogP contribution in [0.4, 0.5) is 11.4 Å². The Hall–Kier alpha value is -2.75. The predicted octanol–water partition coefficient (Wildman–Crippen LogP) is 3.62. The molecule has 0 radical (unpaired) electrons. The lowest BCUT2D eigenvalue weighted by Gasteiger charge is -2.04. The third kappa shape index (κ3) is 2.64. The number of aromatic nitrogens is 2. The van der Waals surface area contributed by atoms with Crippen LogP contribution in [0.25, 0.3) is 5.69 Å². The van der Waals surface area contributed by atoms with Crippen molar-refractivity contribution >= 4 is 11.4 Å². The summed E-state index contributed by atoms with van der Waals surface area (Å²) in [6.07, 6.45) is 3.76. The zero-order valence-corrected chi connectivity index (χ0v) is 11.2. The summed E-state index contributed by atoms with van der Waals surface area (Å²) in [5.74, 6) is 0.843. The molecule has 0 aliphatic rings. The molecular formula is C16H15N3O. The van der Waals surface area contributed by atoms with E-state index in [0.717, 1.165) is 22.8 Å². The van der Waals surface area contributed by atoms with Gasteiger partial charge in [0.15, 0.2) is 0 Å². The summed E-state index contributed by atoms with van der Waals surface area (Å²) in [5.41, 5.74) is 2.98. The number of hydrogen-bond acceptors (Lipinski definition) is 3. The SMILES string of the molecule is COc1ccc(Nc2cnn(-c3ccccc3)c2)cc1. The van der Waals surface area contributed by atoms with Crippen molar-refractivity contribution in [2.24, 2.45) is 0 Å². The summed E-state index contributed by atoms with van der Waals surface area (Å²) in [7, 11) is 1.66. The molecule has 0 amide bonds. The number of ether oxygens (including phenoxy) is 1. The van der Waals surface area contributed by atoms with Gasteiger partial charge in [0.25, 0.3) is 0 Å². The average Bonchev–Trinajstić information content (AvgIpc) is 2.97. The Morgan fingerprint density at radius 2 is 1.70 bits per heavy atom. The maximum atomic E-state index is 5.14. The smallest absolute Gasteiger partial charge is 0.119 e. The molecule has 0 aliphatic carbocycles. The normalized spacial score (nSPS) is 10.2. The van der Waals surface area contributed by atoms with Gasteiger partial charge < -0.3 is 10.1 Å². The second kappa shape index (κ2) is 5.48. The number of para-hydroxylation sites is 1. The predicted molar refractivity (Wildman–Crippen MR) is 79.8 cm³/mol. The molecule has 1 N–H and O–H groups in total. The highest BCUT2D eigenvalue weighted by atomic mass is 16.5. The summed E-state index contributed by atoms with van der Waals surface area (Å²) < 4.78 is 6.98. The zero-order chi connectivity index (χ0) is 13.8. The number of methoxy groups -OCH3 is 1. The van der Waals surface area contributed by atoms with Crippen molar-refractivity contribution in [1.82, 2.24) is 9.78 Å². The van der Waals surface area contributed by atoms with E-state index in [1.54, 1.807) is 13.3 Å². The highest BCUT2D eigenvalue weighted by Gasteiger charge is 2.01. The molecule has 0 aliphatic heterocycles. The van der Waals surface area contributed by atoms with Crippen molar-refractivity contribution in [3.8, 4) is 11.4 Å². The van der Waals surface area contributed by atoms with Gasteiger partial charge in [0.2, 0.25) is 0 Å². The number of nitrogens with zero attached hydrogens (tertiary/aromatic N) is 2. The van der Waals surface area contributed by atoms with E-state index < -0.39 is 0 Å². The van der Waals surface area contributed by atoms with Gasteiger partial charge in [-0.25, -0.2) is 4.68 Å². The van der Waals surface area contributed by atoms with Crippen LogP contribution < -0.4 is 10.1 Å². The third-order valence-electron chi connectivity index (χ3n) is 2.98. The first-order valence-electron chi connectivity index (χ1n) is 6.36. The van der Waals surface area contributed by atoms with Crippen molar-refractivity contribution in [2.45, 2.75) is 0 Å². The molecule has 2 aromatic carbocycles. The molecule has 3 rings (SSSR count). The molecule has 4 heteroatoms. The van der Waals surface area contributed by atoms with Crippen molar-refractivity contribution in [3.05, 3.63) is 67.0 Å². The molecule has 0 spiro atoms. The molecule has 1 heterocycles. The topological polar surface area (TPSA) is 39.1 Å². The first-order chi connectivity index (χ1) is 9.85. The van der Waals surface area contributed by atoms with Gasteiger partial charge in [-0.1, -0.05) is 18.2 Å². The minimum Gasteiger partial charge on any atom is -0.497 e. The summed E-state index contributed by atoms with van der Waals surface area (Å²) in [4.78, 5) is 0. The molecule has 1 aromatic heterocycles. The Morgan fingerprint density at radius 1 is 0.950 bits per heavy atom. The van der Waals surface area contributed by atoms with E-state index >= 15 is 0 Å². The van der Waals surface area contributed by atoms with Crippen LogP contribution in [0.3, 0.4) is 0 Å². The van der Waals surface area contributed by atoms with Gasteiger partial charge in [0.1, 0.15) is 5.75 Å². The third-order valence-corrected chi connectivity index (χ3v) is 2.98. The minimum atomic E-state index is 0.843. The van der Waals surface area contributed by atoms with Crippen LogP contribution in [0.2, 0.25) is 0 Å². The number of benzene rings is 2. The highest BCUT2D eigenvalue weighted by molar-refractivity contribution is 5.59. The fourth-order valence-electron chi connectivity index (χ4n) is 1.95. The minimum absolute atomic E-state index is 0.843. The van der Waals surface area contributed by atoms with E-state index in [0.29, 0.717) is 0 Å². The number of rotatable bonds is 4. The molecule has 0 atom stereocenters. The first kappa shape index (κ1) is 12.3. The Balaban J connectivity index is 1.77. The maximum absolute atomic E-state index is 5.14. The van der Waals surface area contributed by atoms with Crippen LogP contribution in [-0.2, 0) is 0 Å². The van der Waals surface area contributed by atoms with Crippen LogP contribution in [0.5, 0.6) is 5.75 Å². The van der Waals surface area contributed by atoms with Crippen LogP contribution in [0, 0.1) is 0 Å². The number of anilines is 2. The van der Waals surface area contributed by atoms with E-state index in [9.17, 15) is 0 Å². The lowest BCUT2D eigenvalue weighted by molar-refractivity contribution is 0.415. The fraction of sp³-hybridized carbons (Fsp3) is 0.0625. The van der Waals surface area contributed by atoms with E-state index in [-0.39, 0.29) is 0 Å². The summed E-state index contributed by atoms with van der Waals surface area (Å²) in [5, 5.41) is 7.65. The quantitative estimate of drug-likeness (QED) is 0.783. The maximum Gasteiger partial charge on any atom is 0.119 e. The van der Waals surface area contributed by atoms with Gasteiger partial charge in [0.05, 0.1) is 30.9 Å². The number of nitrogens with one attached hydrogen (secondary N) is 1. The van der Waals surface area contributed by atoms with Crippen molar-refractivity contribution < 1.29 is 4.74 Å². The molecule has 0 saturated carbocycles. The second-order valence-corrected chi connectivity index (χ2v) is 4.36. The van der Waals surface area contributed by atoms with E-state index in [1.165, 1.54) is 0 Å². The summed E-state index contributed by atoms with van der Waals surface area (Å²) in [6, 6.07) is 17.8. The Kier molecular flexibility index (Phi) is 3.37. The van der Waals surface area contributed by atoms with Gasteiger partial charge in [-0.15, -0.1) is 0 Å². The monoisotopic (exact) mass is 265 g/mol. The molecule has 0 unspecified atom stereocenters.